The van der Waals surface area contributed by atoms with E-state index in [0.717, 1.165) is 68.6 Å². The Kier molecular flexibility index (Phi) is 4.67. The summed E-state index contributed by atoms with van der Waals surface area (Å²) in [5, 5.41) is 5.95. The van der Waals surface area contributed by atoms with Crippen LogP contribution >= 0.6 is 12.4 Å². The first kappa shape index (κ1) is 21.6. The molecule has 2 aromatic heterocycles. The number of ether oxygens (including phenoxy) is 1. The topological polar surface area (TPSA) is 119 Å². The largest absolute Gasteiger partial charge is 0.460 e. The lowest BCUT2D eigenvalue weighted by Crippen LogP contribution is -2.20. The van der Waals surface area contributed by atoms with Crippen molar-refractivity contribution in [2.75, 3.05) is 6.54 Å². The number of nitrogens with two attached hydrogens (primary N) is 1. The number of H-pyrrole nitrogens is 1. The van der Waals surface area contributed by atoms with Crippen LogP contribution in [0.1, 0.15) is 38.3 Å². The molecule has 0 saturated carbocycles. The highest BCUT2D eigenvalue weighted by Crippen LogP contribution is 2.45. The van der Waals surface area contributed by atoms with Crippen LogP contribution in [0, 0.1) is 0 Å². The van der Waals surface area contributed by atoms with E-state index >= 15 is 0 Å². The van der Waals surface area contributed by atoms with Gasteiger partial charge < -0.3 is 20.0 Å². The molecule has 0 unspecified atom stereocenters. The first-order chi connectivity index (χ1) is 16.6. The Morgan fingerprint density at radius 3 is 2.63 bits per heavy atom. The fourth-order valence-electron chi connectivity index (χ4n) is 5.78. The third kappa shape index (κ3) is 2.81. The van der Waals surface area contributed by atoms with Gasteiger partial charge in [-0.2, -0.15) is 0 Å². The lowest BCUT2D eigenvalue weighted by molar-refractivity contribution is -0.143. The Labute approximate surface area is 204 Å². The van der Waals surface area contributed by atoms with Crippen LogP contribution in [0.4, 0.5) is 0 Å². The highest BCUT2D eigenvalue weighted by molar-refractivity contribution is 6.39. The molecule has 0 spiro atoms. The predicted octanol–water partition coefficient (Wildman–Crippen LogP) is 3.68. The van der Waals surface area contributed by atoms with Gasteiger partial charge in [0.2, 0.25) is 0 Å². The minimum atomic E-state index is -0.471. The standard InChI is InChI=1S/C26H20N4O4.ClH/c27-10-17(31)34-11-12-6-7-14-16(9-12)28-22-18(14)20-21(26(33)29-25(20)32)19-15-5-1-3-13-4-2-8-30(23(13)15)24(19)22;/h1,3,5-7,9,28H,2,4,8,10-11,27H2,(H,29,32,33);1H. The number of esters is 1. The molecule has 0 saturated heterocycles. The number of amides is 2. The molecule has 0 aliphatic carbocycles. The maximum atomic E-state index is 13.1. The van der Waals surface area contributed by atoms with E-state index in [0.29, 0.717) is 11.1 Å². The molecule has 0 radical (unpaired) electrons. The van der Waals surface area contributed by atoms with Crippen molar-refractivity contribution in [1.29, 1.82) is 0 Å². The Bertz CT molecular complexity index is 1760. The van der Waals surface area contributed by atoms with Gasteiger partial charge in [0.25, 0.3) is 11.8 Å². The van der Waals surface area contributed by atoms with Gasteiger partial charge in [0.15, 0.2) is 0 Å². The number of imide groups is 1. The fourth-order valence-corrected chi connectivity index (χ4v) is 5.78. The predicted molar refractivity (Wildman–Crippen MR) is 135 cm³/mol. The zero-order chi connectivity index (χ0) is 23.1. The minimum Gasteiger partial charge on any atom is -0.460 e. The first-order valence-corrected chi connectivity index (χ1v) is 11.3. The number of para-hydroxylation sites is 1. The second-order valence-electron chi connectivity index (χ2n) is 8.95. The highest BCUT2D eigenvalue weighted by Gasteiger charge is 2.36. The minimum absolute atomic E-state index is 0. The molecule has 0 atom stereocenters. The van der Waals surface area contributed by atoms with Gasteiger partial charge in [0.1, 0.15) is 6.61 Å². The van der Waals surface area contributed by atoms with Crippen LogP contribution in [-0.4, -0.2) is 33.9 Å². The van der Waals surface area contributed by atoms with E-state index in [1.165, 1.54) is 5.56 Å². The number of aryl methyl sites for hydroxylation is 2. The van der Waals surface area contributed by atoms with Gasteiger partial charge in [-0.15, -0.1) is 12.4 Å². The monoisotopic (exact) mass is 488 g/mol. The summed E-state index contributed by atoms with van der Waals surface area (Å²) >= 11 is 0. The first-order valence-electron chi connectivity index (χ1n) is 11.3. The molecular formula is C26H21ClN4O4. The summed E-state index contributed by atoms with van der Waals surface area (Å²) in [5.74, 6) is -1.20. The van der Waals surface area contributed by atoms with Crippen molar-refractivity contribution in [3.8, 4) is 0 Å². The average Bonchev–Trinajstić information content (AvgIpc) is 3.48. The molecule has 4 heterocycles. The van der Waals surface area contributed by atoms with Crippen molar-refractivity contribution in [3.05, 3.63) is 58.7 Å². The van der Waals surface area contributed by atoms with Crippen molar-refractivity contribution in [2.24, 2.45) is 5.73 Å². The number of nitrogens with one attached hydrogen (secondary N) is 2. The zero-order valence-electron chi connectivity index (χ0n) is 18.6. The third-order valence-electron chi connectivity index (χ3n) is 7.09. The van der Waals surface area contributed by atoms with E-state index < -0.39 is 5.97 Å². The summed E-state index contributed by atoms with van der Waals surface area (Å²) in [6.45, 7) is 0.780. The van der Waals surface area contributed by atoms with Crippen LogP contribution in [0.3, 0.4) is 0 Å². The molecule has 0 bridgehead atoms. The number of nitrogens with zero attached hydrogens (tertiary/aromatic N) is 1. The van der Waals surface area contributed by atoms with E-state index in [1.54, 1.807) is 0 Å². The van der Waals surface area contributed by atoms with E-state index in [9.17, 15) is 14.4 Å². The van der Waals surface area contributed by atoms with Gasteiger partial charge in [-0.05, 0) is 30.0 Å². The summed E-state index contributed by atoms with van der Waals surface area (Å²) in [6.07, 6.45) is 2.00. The van der Waals surface area contributed by atoms with E-state index in [4.69, 9.17) is 10.5 Å². The molecule has 9 heteroatoms. The summed E-state index contributed by atoms with van der Waals surface area (Å²) in [5.41, 5.74) is 12.0. The molecule has 2 amide bonds. The van der Waals surface area contributed by atoms with E-state index in [1.807, 2.05) is 30.3 Å². The number of carbonyl (C=O) groups is 3. The van der Waals surface area contributed by atoms with Gasteiger partial charge in [0.05, 0.1) is 34.2 Å². The average molecular weight is 489 g/mol. The van der Waals surface area contributed by atoms with Crippen molar-refractivity contribution in [3.63, 3.8) is 0 Å². The number of benzene rings is 3. The van der Waals surface area contributed by atoms with Crippen LogP contribution in [-0.2, 0) is 29.1 Å². The van der Waals surface area contributed by atoms with Crippen LogP contribution in [0.2, 0.25) is 0 Å². The summed E-state index contributed by atoms with van der Waals surface area (Å²) in [7, 11) is 0. The normalized spacial score (nSPS) is 14.5. The third-order valence-corrected chi connectivity index (χ3v) is 7.09. The molecule has 2 aliphatic heterocycles. The molecule has 8 nitrogen and oxygen atoms in total. The number of hydrogen-bond donors (Lipinski definition) is 3. The number of fused-ring (bicyclic) bond motifs is 10. The number of rotatable bonds is 3. The van der Waals surface area contributed by atoms with Gasteiger partial charge in [0, 0.05) is 33.6 Å². The summed E-state index contributed by atoms with van der Waals surface area (Å²) in [4.78, 5) is 41.1. The number of aromatic amines is 1. The number of carbonyl (C=O) groups excluding carboxylic acids is 3. The van der Waals surface area contributed by atoms with Gasteiger partial charge in [-0.1, -0.05) is 30.3 Å². The van der Waals surface area contributed by atoms with Crippen molar-refractivity contribution < 1.29 is 19.1 Å². The van der Waals surface area contributed by atoms with Crippen molar-refractivity contribution >= 4 is 73.8 Å². The van der Waals surface area contributed by atoms with Gasteiger partial charge in [-0.3, -0.25) is 19.7 Å². The molecule has 5 aromatic rings. The van der Waals surface area contributed by atoms with Crippen LogP contribution < -0.4 is 11.1 Å². The fraction of sp³-hybridized carbons (Fsp3) is 0.192. The second-order valence-corrected chi connectivity index (χ2v) is 8.95. The molecule has 2 aliphatic rings. The summed E-state index contributed by atoms with van der Waals surface area (Å²) in [6, 6.07) is 11.9. The Balaban J connectivity index is 0.00000229. The maximum absolute atomic E-state index is 13.1. The van der Waals surface area contributed by atoms with Gasteiger partial charge in [-0.25, -0.2) is 0 Å². The maximum Gasteiger partial charge on any atom is 0.320 e. The highest BCUT2D eigenvalue weighted by atomic mass is 35.5. The molecule has 7 rings (SSSR count). The molecule has 35 heavy (non-hydrogen) atoms. The zero-order valence-corrected chi connectivity index (χ0v) is 19.4. The van der Waals surface area contributed by atoms with Crippen molar-refractivity contribution in [1.82, 2.24) is 14.9 Å². The van der Waals surface area contributed by atoms with Crippen LogP contribution in [0.25, 0.3) is 43.6 Å². The molecule has 0 fully saturated rings. The van der Waals surface area contributed by atoms with Crippen molar-refractivity contribution in [2.45, 2.75) is 26.0 Å². The van der Waals surface area contributed by atoms with Gasteiger partial charge >= 0.3 is 5.97 Å². The lowest BCUT2D eigenvalue weighted by atomic mass is 9.96. The molecule has 3 aromatic carbocycles. The number of aromatic nitrogens is 2. The lowest BCUT2D eigenvalue weighted by Gasteiger charge is -2.16. The summed E-state index contributed by atoms with van der Waals surface area (Å²) < 4.78 is 7.48. The number of halogens is 1. The van der Waals surface area contributed by atoms with Crippen LogP contribution in [0.15, 0.2) is 36.4 Å². The second kappa shape index (κ2) is 7.56. The quantitative estimate of drug-likeness (QED) is 0.264. The van der Waals surface area contributed by atoms with E-state index in [-0.39, 0.29) is 37.4 Å². The smallest absolute Gasteiger partial charge is 0.320 e. The Hall–Kier alpha value is -3.88. The Morgan fingerprint density at radius 2 is 1.83 bits per heavy atom. The van der Waals surface area contributed by atoms with E-state index in [2.05, 4.69) is 20.9 Å². The number of hydrogen-bond acceptors (Lipinski definition) is 5. The molecule has 176 valence electrons. The molecular weight excluding hydrogens is 468 g/mol. The van der Waals surface area contributed by atoms with Crippen LogP contribution in [0.5, 0.6) is 0 Å². The molecule has 4 N–H and O–H groups in total. The SMILES string of the molecule is Cl.NCC(=O)OCc1ccc2c(c1)[nH]c1c2c2c(c3c4cccc5c4n(c13)CCC5)C(=O)NC2=O. The Morgan fingerprint density at radius 1 is 1.03 bits per heavy atom.